The third-order valence-corrected chi connectivity index (χ3v) is 3.76. The van der Waals surface area contributed by atoms with Crippen LogP contribution in [0.25, 0.3) is 11.0 Å². The number of nitrogens with two attached hydrogens (primary N) is 1. The number of benzene rings is 1. The molecule has 6 nitrogen and oxygen atoms in total. The SMILES string of the molecule is CC1C=C(C(N)=O)C=CN1c1nc2c(N(C)C)cccc2[nH]1. The van der Waals surface area contributed by atoms with E-state index in [-0.39, 0.29) is 6.04 Å². The van der Waals surface area contributed by atoms with Gasteiger partial charge in [-0.15, -0.1) is 0 Å². The largest absolute Gasteiger partial charge is 0.376 e. The molecule has 3 N–H and O–H groups in total. The summed E-state index contributed by atoms with van der Waals surface area (Å²) in [5, 5.41) is 0. The lowest BCUT2D eigenvalue weighted by atomic mass is 10.1. The van der Waals surface area contributed by atoms with Gasteiger partial charge in [-0.2, -0.15) is 0 Å². The number of amides is 1. The smallest absolute Gasteiger partial charge is 0.248 e. The molecule has 0 bridgehead atoms. The summed E-state index contributed by atoms with van der Waals surface area (Å²) >= 11 is 0. The van der Waals surface area contributed by atoms with Crippen LogP contribution in [0.1, 0.15) is 6.92 Å². The van der Waals surface area contributed by atoms with Gasteiger partial charge in [0.25, 0.3) is 0 Å². The van der Waals surface area contributed by atoms with Gasteiger partial charge >= 0.3 is 0 Å². The summed E-state index contributed by atoms with van der Waals surface area (Å²) in [5.41, 5.74) is 8.80. The predicted molar refractivity (Wildman–Crippen MR) is 88.8 cm³/mol. The number of hydrogen-bond donors (Lipinski definition) is 2. The van der Waals surface area contributed by atoms with Crippen molar-refractivity contribution in [3.8, 4) is 0 Å². The van der Waals surface area contributed by atoms with Crippen LogP contribution in [-0.4, -0.2) is 36.0 Å². The zero-order chi connectivity index (χ0) is 15.9. The molecule has 3 rings (SSSR count). The lowest BCUT2D eigenvalue weighted by molar-refractivity contribution is -0.114. The number of imidazole rings is 1. The molecule has 1 unspecified atom stereocenters. The summed E-state index contributed by atoms with van der Waals surface area (Å²) in [6, 6.07) is 6.03. The lowest BCUT2D eigenvalue weighted by Gasteiger charge is -2.26. The number of anilines is 2. The van der Waals surface area contributed by atoms with Gasteiger partial charge in [-0.3, -0.25) is 4.79 Å². The Morgan fingerprint density at radius 3 is 2.82 bits per heavy atom. The molecule has 2 aromatic rings. The van der Waals surface area contributed by atoms with Gasteiger partial charge < -0.3 is 20.5 Å². The van der Waals surface area contributed by atoms with Crippen LogP contribution in [0.4, 0.5) is 11.6 Å². The highest BCUT2D eigenvalue weighted by Gasteiger charge is 2.20. The zero-order valence-electron chi connectivity index (χ0n) is 12.9. The number of nitrogens with zero attached hydrogens (tertiary/aromatic N) is 3. The normalized spacial score (nSPS) is 17.7. The minimum absolute atomic E-state index is 0.00383. The zero-order valence-corrected chi connectivity index (χ0v) is 12.9. The number of primary amides is 1. The quantitative estimate of drug-likeness (QED) is 0.905. The molecule has 0 radical (unpaired) electrons. The monoisotopic (exact) mass is 297 g/mol. The third kappa shape index (κ3) is 2.32. The first-order valence-electron chi connectivity index (χ1n) is 7.11. The number of fused-ring (bicyclic) bond motifs is 1. The van der Waals surface area contributed by atoms with Gasteiger partial charge in [-0.05, 0) is 31.2 Å². The number of nitrogens with one attached hydrogen (secondary N) is 1. The van der Waals surface area contributed by atoms with Gasteiger partial charge in [0.15, 0.2) is 0 Å². The maximum atomic E-state index is 11.3. The Morgan fingerprint density at radius 2 is 2.18 bits per heavy atom. The van der Waals surface area contributed by atoms with Crippen molar-refractivity contribution in [1.29, 1.82) is 0 Å². The Hall–Kier alpha value is -2.76. The Balaban J connectivity index is 2.00. The van der Waals surface area contributed by atoms with Crippen LogP contribution in [-0.2, 0) is 4.79 Å². The number of carbonyl (C=O) groups is 1. The number of aromatic nitrogens is 2. The molecular weight excluding hydrogens is 278 g/mol. The van der Waals surface area contributed by atoms with Gasteiger partial charge in [0, 0.05) is 25.9 Å². The molecule has 6 heteroatoms. The van der Waals surface area contributed by atoms with E-state index in [1.54, 1.807) is 6.08 Å². The standard InChI is InChI=1S/C16H19N5O/c1-10-9-11(15(17)22)7-8-21(10)16-18-12-5-4-6-13(20(2)3)14(12)19-16/h4-10H,1-3H3,(H2,17,22)(H,18,19). The van der Waals surface area contributed by atoms with Gasteiger partial charge in [-0.25, -0.2) is 4.98 Å². The van der Waals surface area contributed by atoms with E-state index in [4.69, 9.17) is 10.7 Å². The van der Waals surface area contributed by atoms with Crippen LogP contribution in [0, 0.1) is 0 Å². The molecule has 1 atom stereocenters. The summed E-state index contributed by atoms with van der Waals surface area (Å²) in [5.74, 6) is 0.329. The molecular formula is C16H19N5O. The van der Waals surface area contributed by atoms with E-state index in [9.17, 15) is 4.79 Å². The van der Waals surface area contributed by atoms with Crippen molar-refractivity contribution in [3.63, 3.8) is 0 Å². The molecule has 0 saturated heterocycles. The van der Waals surface area contributed by atoms with Crippen LogP contribution in [0.15, 0.2) is 42.1 Å². The molecule has 0 saturated carbocycles. The fraction of sp³-hybridized carbons (Fsp3) is 0.250. The van der Waals surface area contributed by atoms with Crippen molar-refractivity contribution < 1.29 is 4.79 Å². The van der Waals surface area contributed by atoms with Crippen molar-refractivity contribution >= 4 is 28.6 Å². The first kappa shape index (κ1) is 14.2. The highest BCUT2D eigenvalue weighted by Crippen LogP contribution is 2.28. The van der Waals surface area contributed by atoms with Crippen molar-refractivity contribution in [3.05, 3.63) is 42.1 Å². The number of hydrogen-bond acceptors (Lipinski definition) is 4. The third-order valence-electron chi connectivity index (χ3n) is 3.76. The highest BCUT2D eigenvalue weighted by molar-refractivity contribution is 5.95. The number of rotatable bonds is 3. The average Bonchev–Trinajstić information content (AvgIpc) is 2.90. The first-order valence-corrected chi connectivity index (χ1v) is 7.11. The molecule has 0 spiro atoms. The van der Waals surface area contributed by atoms with Crippen molar-refractivity contribution in [2.24, 2.45) is 5.73 Å². The van der Waals surface area contributed by atoms with Gasteiger partial charge in [0.1, 0.15) is 5.52 Å². The van der Waals surface area contributed by atoms with Crippen LogP contribution in [0.2, 0.25) is 0 Å². The van der Waals surface area contributed by atoms with Crippen molar-refractivity contribution in [1.82, 2.24) is 9.97 Å². The molecule has 0 fully saturated rings. The first-order chi connectivity index (χ1) is 10.5. The maximum absolute atomic E-state index is 11.3. The number of aromatic amines is 1. The maximum Gasteiger partial charge on any atom is 0.248 e. The van der Waals surface area contributed by atoms with E-state index in [0.717, 1.165) is 22.7 Å². The molecule has 22 heavy (non-hydrogen) atoms. The van der Waals surface area contributed by atoms with Crippen molar-refractivity contribution in [2.45, 2.75) is 13.0 Å². The molecule has 1 aliphatic heterocycles. The minimum Gasteiger partial charge on any atom is -0.376 e. The lowest BCUT2D eigenvalue weighted by Crippen LogP contribution is -2.31. The Morgan fingerprint density at radius 1 is 1.41 bits per heavy atom. The summed E-state index contributed by atoms with van der Waals surface area (Å²) in [4.78, 5) is 23.3. The topological polar surface area (TPSA) is 78.2 Å². The number of carbonyl (C=O) groups excluding carboxylic acids is 1. The van der Waals surface area contributed by atoms with Gasteiger partial charge in [0.05, 0.1) is 17.2 Å². The van der Waals surface area contributed by atoms with E-state index in [2.05, 4.69) is 4.98 Å². The second-order valence-electron chi connectivity index (χ2n) is 5.58. The summed E-state index contributed by atoms with van der Waals surface area (Å²) in [7, 11) is 3.99. The molecule has 1 aliphatic rings. The van der Waals surface area contributed by atoms with Gasteiger partial charge in [-0.1, -0.05) is 6.07 Å². The van der Waals surface area contributed by atoms with Crippen LogP contribution in [0.5, 0.6) is 0 Å². The Labute approximate surface area is 128 Å². The second-order valence-corrected chi connectivity index (χ2v) is 5.58. The molecule has 0 aliphatic carbocycles. The van der Waals surface area contributed by atoms with E-state index in [1.165, 1.54) is 0 Å². The average molecular weight is 297 g/mol. The number of para-hydroxylation sites is 1. The molecule has 114 valence electrons. The fourth-order valence-corrected chi connectivity index (χ4v) is 2.61. The van der Waals surface area contributed by atoms with E-state index < -0.39 is 5.91 Å². The van der Waals surface area contributed by atoms with Crippen LogP contribution < -0.4 is 15.5 Å². The molecule has 1 aromatic carbocycles. The molecule has 2 heterocycles. The van der Waals surface area contributed by atoms with E-state index >= 15 is 0 Å². The van der Waals surface area contributed by atoms with Crippen LogP contribution >= 0.6 is 0 Å². The minimum atomic E-state index is -0.415. The Bertz CT molecular complexity index is 787. The van der Waals surface area contributed by atoms with E-state index in [0.29, 0.717) is 5.57 Å². The predicted octanol–water partition coefficient (Wildman–Crippen LogP) is 1.76. The molecule has 1 aromatic heterocycles. The summed E-state index contributed by atoms with van der Waals surface area (Å²) in [6.07, 6.45) is 5.38. The second kappa shape index (κ2) is 5.22. The summed E-state index contributed by atoms with van der Waals surface area (Å²) < 4.78 is 0. The number of H-pyrrole nitrogens is 1. The summed E-state index contributed by atoms with van der Waals surface area (Å²) in [6.45, 7) is 1.99. The van der Waals surface area contributed by atoms with Gasteiger partial charge in [0.2, 0.25) is 11.9 Å². The highest BCUT2D eigenvalue weighted by atomic mass is 16.1. The Kier molecular flexibility index (Phi) is 3.36. The van der Waals surface area contributed by atoms with Crippen molar-refractivity contribution in [2.75, 3.05) is 23.9 Å². The van der Waals surface area contributed by atoms with E-state index in [1.807, 2.05) is 61.3 Å². The molecule has 1 amide bonds. The fourth-order valence-electron chi connectivity index (χ4n) is 2.61. The van der Waals surface area contributed by atoms with Crippen LogP contribution in [0.3, 0.4) is 0 Å².